The highest BCUT2D eigenvalue weighted by Gasteiger charge is 2.15. The molecule has 0 aromatic carbocycles. The van der Waals surface area contributed by atoms with Crippen LogP contribution in [0.3, 0.4) is 0 Å². The van der Waals surface area contributed by atoms with Gasteiger partial charge in [-0.1, -0.05) is 18.7 Å². The molecule has 0 saturated heterocycles. The number of hydrogen-bond acceptors (Lipinski definition) is 6. The molecule has 0 bridgehead atoms. The first kappa shape index (κ1) is 15.0. The lowest BCUT2D eigenvalue weighted by Crippen LogP contribution is -2.08. The van der Waals surface area contributed by atoms with Crippen LogP contribution < -0.4 is 0 Å². The summed E-state index contributed by atoms with van der Waals surface area (Å²) in [5, 5.41) is 28.5. The Labute approximate surface area is 124 Å². The van der Waals surface area contributed by atoms with Gasteiger partial charge in [-0.2, -0.15) is 0 Å². The summed E-state index contributed by atoms with van der Waals surface area (Å²) >= 11 is 2.75. The largest absolute Gasteiger partial charge is 0.481 e. The molecule has 2 aromatic rings. The third-order valence-electron chi connectivity index (χ3n) is 2.78. The van der Waals surface area contributed by atoms with Crippen LogP contribution in [0.1, 0.15) is 23.2 Å². The van der Waals surface area contributed by atoms with Crippen LogP contribution in [-0.2, 0) is 24.4 Å². The molecule has 2 N–H and O–H groups in total. The van der Waals surface area contributed by atoms with Crippen molar-refractivity contribution in [2.45, 2.75) is 31.7 Å². The van der Waals surface area contributed by atoms with Crippen molar-refractivity contribution >= 4 is 29.1 Å². The van der Waals surface area contributed by atoms with Gasteiger partial charge in [0, 0.05) is 4.88 Å². The van der Waals surface area contributed by atoms with Gasteiger partial charge in [0.2, 0.25) is 0 Å². The summed E-state index contributed by atoms with van der Waals surface area (Å²) in [4.78, 5) is 11.8. The summed E-state index contributed by atoms with van der Waals surface area (Å²) < 4.78 is 1.78. The zero-order valence-corrected chi connectivity index (χ0v) is 12.6. The predicted octanol–water partition coefficient (Wildman–Crippen LogP) is 1.62. The van der Waals surface area contributed by atoms with Crippen molar-refractivity contribution in [1.29, 1.82) is 0 Å². The molecule has 0 radical (unpaired) electrons. The summed E-state index contributed by atoms with van der Waals surface area (Å²) in [7, 11) is 0. The van der Waals surface area contributed by atoms with E-state index in [-0.39, 0.29) is 12.4 Å². The number of aliphatic carboxylic acids is 1. The van der Waals surface area contributed by atoms with Crippen LogP contribution in [0.5, 0.6) is 0 Å². The Morgan fingerprint density at radius 1 is 1.50 bits per heavy atom. The maximum Gasteiger partial charge on any atom is 0.313 e. The van der Waals surface area contributed by atoms with E-state index in [1.807, 2.05) is 5.38 Å². The summed E-state index contributed by atoms with van der Waals surface area (Å²) in [6.45, 7) is 2.43. The van der Waals surface area contributed by atoms with E-state index in [9.17, 15) is 9.90 Å². The number of nitrogens with zero attached hydrogens (tertiary/aromatic N) is 3. The Kier molecular flexibility index (Phi) is 5.16. The smallest absolute Gasteiger partial charge is 0.313 e. The van der Waals surface area contributed by atoms with Crippen LogP contribution >= 0.6 is 23.1 Å². The number of carboxylic acid groups (broad SMARTS) is 1. The number of aromatic nitrogens is 3. The first-order valence-corrected chi connectivity index (χ1v) is 7.95. The van der Waals surface area contributed by atoms with Gasteiger partial charge in [-0.3, -0.25) is 9.36 Å². The zero-order chi connectivity index (χ0) is 14.5. The Bertz CT molecular complexity index is 595. The van der Waals surface area contributed by atoms with Crippen LogP contribution in [0.15, 0.2) is 16.6 Å². The van der Waals surface area contributed by atoms with E-state index in [0.717, 1.165) is 18.2 Å². The summed E-state index contributed by atoms with van der Waals surface area (Å²) in [6.07, 6.45) is 0.938. The molecule has 2 heterocycles. The maximum atomic E-state index is 10.7. The number of thiophene rings is 1. The van der Waals surface area contributed by atoms with E-state index in [1.54, 1.807) is 15.9 Å². The molecule has 0 amide bonds. The number of aliphatic hydroxyl groups excluding tert-OH is 1. The molecule has 0 fully saturated rings. The van der Waals surface area contributed by atoms with Gasteiger partial charge in [-0.15, -0.1) is 21.5 Å². The number of rotatable bonds is 7. The Morgan fingerprint density at radius 3 is 2.95 bits per heavy atom. The molecule has 20 heavy (non-hydrogen) atoms. The molecule has 0 saturated carbocycles. The minimum absolute atomic E-state index is 0.0748. The predicted molar refractivity (Wildman–Crippen MR) is 77.1 cm³/mol. The monoisotopic (exact) mass is 313 g/mol. The molecule has 0 aliphatic rings. The number of hydrogen-bond donors (Lipinski definition) is 2. The van der Waals surface area contributed by atoms with E-state index in [4.69, 9.17) is 5.11 Å². The van der Waals surface area contributed by atoms with Crippen molar-refractivity contribution in [3.8, 4) is 0 Å². The van der Waals surface area contributed by atoms with Gasteiger partial charge in [0.1, 0.15) is 6.61 Å². The molecule has 6 nitrogen and oxygen atoms in total. The highest BCUT2D eigenvalue weighted by atomic mass is 32.2. The molecule has 8 heteroatoms. The minimum Gasteiger partial charge on any atom is -0.481 e. The number of thioether (sulfide) groups is 1. The second-order valence-electron chi connectivity index (χ2n) is 4.05. The molecule has 0 spiro atoms. The van der Waals surface area contributed by atoms with Crippen LogP contribution in [0.2, 0.25) is 0 Å². The topological polar surface area (TPSA) is 88.2 Å². The van der Waals surface area contributed by atoms with Crippen LogP contribution in [0.25, 0.3) is 0 Å². The van der Waals surface area contributed by atoms with E-state index in [1.165, 1.54) is 10.4 Å². The Morgan fingerprint density at radius 2 is 2.30 bits per heavy atom. The molecule has 0 atom stereocenters. The summed E-state index contributed by atoms with van der Waals surface area (Å²) in [6, 6.07) is 2.08. The van der Waals surface area contributed by atoms with Gasteiger partial charge in [-0.05, 0) is 23.4 Å². The number of aliphatic hydroxyl groups is 1. The SMILES string of the molecule is CCc1ccsc1Cn1c(CO)nnc1SCC(=O)O. The lowest BCUT2D eigenvalue weighted by Gasteiger charge is -2.08. The van der Waals surface area contributed by atoms with Crippen molar-refractivity contribution in [3.05, 3.63) is 27.7 Å². The second-order valence-corrected chi connectivity index (χ2v) is 5.99. The van der Waals surface area contributed by atoms with Crippen molar-refractivity contribution in [2.24, 2.45) is 0 Å². The molecule has 0 unspecified atom stereocenters. The number of aryl methyl sites for hydroxylation is 1. The standard InChI is InChI=1S/C12H15N3O3S2/c1-2-8-3-4-19-9(8)5-15-10(6-16)13-14-12(15)20-7-11(17)18/h3-4,16H,2,5-7H2,1H3,(H,17,18). The lowest BCUT2D eigenvalue weighted by atomic mass is 10.2. The third-order valence-corrected chi connectivity index (χ3v) is 4.68. The van der Waals surface area contributed by atoms with Gasteiger partial charge in [0.15, 0.2) is 11.0 Å². The van der Waals surface area contributed by atoms with Crippen LogP contribution in [0, 0.1) is 0 Å². The summed E-state index contributed by atoms with van der Waals surface area (Å²) in [5.41, 5.74) is 1.25. The first-order chi connectivity index (χ1) is 9.65. The highest BCUT2D eigenvalue weighted by Crippen LogP contribution is 2.23. The van der Waals surface area contributed by atoms with E-state index in [2.05, 4.69) is 23.2 Å². The lowest BCUT2D eigenvalue weighted by molar-refractivity contribution is -0.133. The summed E-state index contributed by atoms with van der Waals surface area (Å²) in [5.74, 6) is -0.525. The van der Waals surface area contributed by atoms with Gasteiger partial charge in [-0.25, -0.2) is 0 Å². The Balaban J connectivity index is 2.24. The van der Waals surface area contributed by atoms with E-state index in [0.29, 0.717) is 17.5 Å². The van der Waals surface area contributed by atoms with Crippen molar-refractivity contribution in [2.75, 3.05) is 5.75 Å². The molecular weight excluding hydrogens is 298 g/mol. The van der Waals surface area contributed by atoms with Gasteiger partial charge in [0.25, 0.3) is 0 Å². The zero-order valence-electron chi connectivity index (χ0n) is 10.9. The van der Waals surface area contributed by atoms with E-state index < -0.39 is 5.97 Å². The third kappa shape index (κ3) is 3.38. The first-order valence-electron chi connectivity index (χ1n) is 6.08. The molecule has 2 aromatic heterocycles. The second kappa shape index (κ2) is 6.87. The minimum atomic E-state index is -0.902. The number of carbonyl (C=O) groups is 1. The fourth-order valence-electron chi connectivity index (χ4n) is 1.79. The van der Waals surface area contributed by atoms with E-state index >= 15 is 0 Å². The van der Waals surface area contributed by atoms with Gasteiger partial charge >= 0.3 is 5.97 Å². The van der Waals surface area contributed by atoms with Crippen molar-refractivity contribution in [1.82, 2.24) is 14.8 Å². The van der Waals surface area contributed by atoms with Crippen LogP contribution in [0.4, 0.5) is 0 Å². The normalized spacial score (nSPS) is 10.9. The average Bonchev–Trinajstić information content (AvgIpc) is 3.03. The highest BCUT2D eigenvalue weighted by molar-refractivity contribution is 7.99. The fourth-order valence-corrected chi connectivity index (χ4v) is 3.43. The molecule has 2 rings (SSSR count). The fraction of sp³-hybridized carbons (Fsp3) is 0.417. The van der Waals surface area contributed by atoms with Gasteiger partial charge in [0.05, 0.1) is 12.3 Å². The van der Waals surface area contributed by atoms with Crippen LogP contribution in [-0.4, -0.2) is 36.7 Å². The quantitative estimate of drug-likeness (QED) is 0.755. The van der Waals surface area contributed by atoms with Gasteiger partial charge < -0.3 is 10.2 Å². The number of carboxylic acids is 1. The molecule has 108 valence electrons. The van der Waals surface area contributed by atoms with Crippen molar-refractivity contribution in [3.63, 3.8) is 0 Å². The molecular formula is C12H15N3O3S2. The Hall–Kier alpha value is -1.38. The molecule has 0 aliphatic carbocycles. The molecule has 0 aliphatic heterocycles. The maximum absolute atomic E-state index is 10.7. The average molecular weight is 313 g/mol. The van der Waals surface area contributed by atoms with Crippen molar-refractivity contribution < 1.29 is 15.0 Å².